The van der Waals surface area contributed by atoms with E-state index in [1.54, 1.807) is 6.92 Å². The van der Waals surface area contributed by atoms with Gasteiger partial charge in [0.25, 0.3) is 11.6 Å². The lowest BCUT2D eigenvalue weighted by Crippen LogP contribution is -2.30. The maximum absolute atomic E-state index is 13.2. The van der Waals surface area contributed by atoms with Gasteiger partial charge in [-0.15, -0.1) is 0 Å². The van der Waals surface area contributed by atoms with Crippen molar-refractivity contribution in [3.8, 4) is 0 Å². The van der Waals surface area contributed by atoms with Crippen molar-refractivity contribution < 1.29 is 18.8 Å². The van der Waals surface area contributed by atoms with E-state index in [0.29, 0.717) is 28.3 Å². The monoisotopic (exact) mass is 379 g/mol. The fourth-order valence-corrected chi connectivity index (χ4v) is 3.30. The van der Waals surface area contributed by atoms with Crippen molar-refractivity contribution in [1.82, 2.24) is 15.5 Å². The van der Waals surface area contributed by atoms with E-state index in [4.69, 9.17) is 9.26 Å². The van der Waals surface area contributed by atoms with Gasteiger partial charge in [-0.05, 0) is 31.4 Å². The van der Waals surface area contributed by atoms with Crippen molar-refractivity contribution in [3.63, 3.8) is 0 Å². The zero-order chi connectivity index (χ0) is 19.7. The van der Waals surface area contributed by atoms with E-state index in [9.17, 15) is 9.59 Å². The van der Waals surface area contributed by atoms with Crippen LogP contribution >= 0.6 is 0 Å². The van der Waals surface area contributed by atoms with Gasteiger partial charge in [-0.3, -0.25) is 9.59 Å². The first-order chi connectivity index (χ1) is 13.6. The summed E-state index contributed by atoms with van der Waals surface area (Å²) in [6.07, 6.45) is 2.15. The average Bonchev–Trinajstić information content (AvgIpc) is 3.50. The number of rotatable bonds is 6. The van der Waals surface area contributed by atoms with Gasteiger partial charge in [0.2, 0.25) is 0 Å². The van der Waals surface area contributed by atoms with Crippen molar-refractivity contribution in [2.75, 3.05) is 7.11 Å². The summed E-state index contributed by atoms with van der Waals surface area (Å²) in [5.41, 5.74) is 3.13. The third kappa shape index (κ3) is 3.60. The number of nitrogens with one attached hydrogen (secondary N) is 1. The number of hydrogen-bond donors (Lipinski definition) is 1. The highest BCUT2D eigenvalue weighted by molar-refractivity contribution is 6.06. The maximum Gasteiger partial charge on any atom is 0.307 e. The number of aromatic nitrogens is 2. The minimum atomic E-state index is -0.506. The Bertz CT molecular complexity index is 1020. The van der Waals surface area contributed by atoms with Crippen LogP contribution in [-0.4, -0.2) is 29.1 Å². The lowest BCUT2D eigenvalue weighted by atomic mass is 10.0. The summed E-state index contributed by atoms with van der Waals surface area (Å²) in [7, 11) is 1.33. The number of aryl methyl sites for hydroxylation is 1. The summed E-state index contributed by atoms with van der Waals surface area (Å²) in [5, 5.41) is 7.54. The van der Waals surface area contributed by atoms with E-state index >= 15 is 0 Å². The van der Waals surface area contributed by atoms with E-state index in [1.165, 1.54) is 7.11 Å². The molecule has 0 radical (unpaired) electrons. The molecule has 2 heterocycles. The van der Waals surface area contributed by atoms with Crippen LogP contribution in [0.5, 0.6) is 0 Å². The second-order valence-corrected chi connectivity index (χ2v) is 7.03. The smallest absolute Gasteiger partial charge is 0.307 e. The Morgan fingerprint density at radius 2 is 2.04 bits per heavy atom. The quantitative estimate of drug-likeness (QED) is 0.659. The first-order valence-electron chi connectivity index (χ1n) is 9.26. The van der Waals surface area contributed by atoms with Gasteiger partial charge in [0.15, 0.2) is 0 Å². The molecule has 1 fully saturated rings. The van der Waals surface area contributed by atoms with Crippen molar-refractivity contribution in [3.05, 3.63) is 58.9 Å². The van der Waals surface area contributed by atoms with Crippen LogP contribution in [0.2, 0.25) is 0 Å². The van der Waals surface area contributed by atoms with Gasteiger partial charge in [-0.1, -0.05) is 35.5 Å². The number of ether oxygens (including phenoxy) is 1. The lowest BCUT2D eigenvalue weighted by Gasteiger charge is -2.18. The molecule has 7 nitrogen and oxygen atoms in total. The molecule has 3 aromatic rings. The molecular formula is C21H21N3O4. The second-order valence-electron chi connectivity index (χ2n) is 7.03. The molecule has 4 rings (SSSR count). The molecule has 0 bridgehead atoms. The zero-order valence-corrected chi connectivity index (χ0v) is 15.8. The highest BCUT2D eigenvalue weighted by atomic mass is 16.5. The molecule has 1 aromatic carbocycles. The SMILES string of the molecule is COC(=O)CC(NC(=O)c1cc(C2CC2)nc2onc(C)c12)c1ccccc1. The summed E-state index contributed by atoms with van der Waals surface area (Å²) in [5.74, 6) is -0.325. The second kappa shape index (κ2) is 7.42. The third-order valence-corrected chi connectivity index (χ3v) is 4.98. The number of carbonyl (C=O) groups excluding carboxylic acids is 2. The predicted molar refractivity (Wildman–Crippen MR) is 102 cm³/mol. The summed E-state index contributed by atoms with van der Waals surface area (Å²) in [4.78, 5) is 29.6. The Labute approximate surface area is 162 Å². The number of benzene rings is 1. The van der Waals surface area contributed by atoms with E-state index in [1.807, 2.05) is 36.4 Å². The van der Waals surface area contributed by atoms with Gasteiger partial charge in [0, 0.05) is 11.6 Å². The first-order valence-corrected chi connectivity index (χ1v) is 9.26. The van der Waals surface area contributed by atoms with Gasteiger partial charge in [0.05, 0.1) is 36.2 Å². The predicted octanol–water partition coefficient (Wildman–Crippen LogP) is 3.44. The van der Waals surface area contributed by atoms with Gasteiger partial charge >= 0.3 is 5.97 Å². The van der Waals surface area contributed by atoms with Gasteiger partial charge < -0.3 is 14.6 Å². The molecule has 1 saturated carbocycles. The number of carbonyl (C=O) groups is 2. The van der Waals surface area contributed by atoms with E-state index in [2.05, 4.69) is 15.5 Å². The maximum atomic E-state index is 13.2. The molecule has 0 spiro atoms. The number of pyridine rings is 1. The molecule has 2 aromatic heterocycles. The van der Waals surface area contributed by atoms with E-state index < -0.39 is 12.0 Å². The minimum absolute atomic E-state index is 0.0403. The molecule has 1 atom stereocenters. The number of amides is 1. The lowest BCUT2D eigenvalue weighted by molar-refractivity contribution is -0.141. The van der Waals surface area contributed by atoms with Crippen LogP contribution in [0.15, 0.2) is 40.9 Å². The Morgan fingerprint density at radius 1 is 1.29 bits per heavy atom. The number of nitrogens with zero attached hydrogens (tertiary/aromatic N) is 2. The minimum Gasteiger partial charge on any atom is -0.469 e. The molecule has 0 saturated heterocycles. The standard InChI is InChI=1S/C21H21N3O4/c1-12-19-15(10-16(14-8-9-14)23-21(19)28-24-12)20(26)22-17(11-18(25)27-2)13-6-4-3-5-7-13/h3-7,10,14,17H,8-9,11H2,1-2H3,(H,22,26). The molecule has 0 aliphatic heterocycles. The van der Waals surface area contributed by atoms with Crippen LogP contribution in [0.1, 0.15) is 58.5 Å². The van der Waals surface area contributed by atoms with Crippen molar-refractivity contribution in [1.29, 1.82) is 0 Å². The number of hydrogen-bond acceptors (Lipinski definition) is 6. The molecule has 28 heavy (non-hydrogen) atoms. The molecule has 1 aliphatic carbocycles. The van der Waals surface area contributed by atoms with Crippen molar-refractivity contribution in [2.24, 2.45) is 0 Å². The summed E-state index contributed by atoms with van der Waals surface area (Å²) in [6, 6.07) is 10.7. The fourth-order valence-electron chi connectivity index (χ4n) is 3.30. The van der Waals surface area contributed by atoms with Crippen LogP contribution in [0, 0.1) is 6.92 Å². The van der Waals surface area contributed by atoms with Crippen LogP contribution in [0.3, 0.4) is 0 Å². The Morgan fingerprint density at radius 3 is 2.71 bits per heavy atom. The Hall–Kier alpha value is -3.22. The number of methoxy groups -OCH3 is 1. The molecular weight excluding hydrogens is 358 g/mol. The Kier molecular flexibility index (Phi) is 4.81. The average molecular weight is 379 g/mol. The molecule has 1 aliphatic rings. The molecule has 1 unspecified atom stereocenters. The summed E-state index contributed by atoms with van der Waals surface area (Å²) in [6.45, 7) is 1.78. The van der Waals surface area contributed by atoms with E-state index in [-0.39, 0.29) is 12.3 Å². The molecule has 7 heteroatoms. The largest absolute Gasteiger partial charge is 0.469 e. The number of fused-ring (bicyclic) bond motifs is 1. The van der Waals surface area contributed by atoms with Crippen molar-refractivity contribution in [2.45, 2.75) is 38.1 Å². The number of esters is 1. The third-order valence-electron chi connectivity index (χ3n) is 4.98. The highest BCUT2D eigenvalue weighted by Crippen LogP contribution is 2.40. The topological polar surface area (TPSA) is 94.3 Å². The van der Waals surface area contributed by atoms with Crippen LogP contribution in [0.4, 0.5) is 0 Å². The highest BCUT2D eigenvalue weighted by Gasteiger charge is 2.29. The molecule has 1 N–H and O–H groups in total. The van der Waals surface area contributed by atoms with Gasteiger partial charge in [0.1, 0.15) is 0 Å². The zero-order valence-electron chi connectivity index (χ0n) is 15.8. The first kappa shape index (κ1) is 18.2. The Balaban J connectivity index is 1.69. The summed E-state index contributed by atoms with van der Waals surface area (Å²) < 4.78 is 10.1. The molecule has 1 amide bonds. The summed E-state index contributed by atoms with van der Waals surface area (Å²) >= 11 is 0. The van der Waals surface area contributed by atoms with Crippen molar-refractivity contribution >= 4 is 23.0 Å². The fraction of sp³-hybridized carbons (Fsp3) is 0.333. The molecule has 144 valence electrons. The van der Waals surface area contributed by atoms with Gasteiger partial charge in [-0.2, -0.15) is 0 Å². The van der Waals surface area contributed by atoms with Crippen LogP contribution in [-0.2, 0) is 9.53 Å². The van der Waals surface area contributed by atoms with Crippen LogP contribution in [0.25, 0.3) is 11.1 Å². The van der Waals surface area contributed by atoms with E-state index in [0.717, 1.165) is 24.1 Å². The van der Waals surface area contributed by atoms with Gasteiger partial charge in [-0.25, -0.2) is 4.98 Å². The normalized spacial score (nSPS) is 14.6. The van der Waals surface area contributed by atoms with Crippen LogP contribution < -0.4 is 5.32 Å².